The van der Waals surface area contributed by atoms with Crippen LogP contribution >= 0.6 is 0 Å². The van der Waals surface area contributed by atoms with Crippen molar-refractivity contribution < 1.29 is 19.0 Å². The molecule has 2 bridgehead atoms. The van der Waals surface area contributed by atoms with Crippen molar-refractivity contribution in [2.45, 2.75) is 102 Å². The Morgan fingerprint density at radius 1 is 1.11 bits per heavy atom. The Bertz CT molecular complexity index is 575. The summed E-state index contributed by atoms with van der Waals surface area (Å²) >= 11 is 0. The van der Waals surface area contributed by atoms with E-state index in [0.717, 1.165) is 49.4 Å². The van der Waals surface area contributed by atoms with E-state index < -0.39 is 14.1 Å². The average molecular weight is 409 g/mol. The summed E-state index contributed by atoms with van der Waals surface area (Å²) in [6, 6.07) is 3.46. The van der Waals surface area contributed by atoms with Crippen LogP contribution in [0, 0.1) is 17.3 Å². The Morgan fingerprint density at radius 2 is 1.79 bits per heavy atom. The monoisotopic (exact) mass is 408 g/mol. The van der Waals surface area contributed by atoms with Crippen LogP contribution < -0.4 is 0 Å². The van der Waals surface area contributed by atoms with Crippen molar-refractivity contribution in [2.75, 3.05) is 13.2 Å². The summed E-state index contributed by atoms with van der Waals surface area (Å²) in [5.41, 5.74) is 1.29. The molecule has 4 nitrogen and oxygen atoms in total. The van der Waals surface area contributed by atoms with E-state index in [2.05, 4.69) is 27.4 Å². The van der Waals surface area contributed by atoms with Gasteiger partial charge in [-0.1, -0.05) is 33.8 Å². The van der Waals surface area contributed by atoms with Crippen LogP contribution in [0.1, 0.15) is 65.7 Å². The Morgan fingerprint density at radius 3 is 2.43 bits per heavy atom. The number of rotatable bonds is 5. The lowest BCUT2D eigenvalue weighted by Gasteiger charge is -2.53. The van der Waals surface area contributed by atoms with Gasteiger partial charge in [-0.25, -0.2) is 0 Å². The third-order valence-corrected chi connectivity index (χ3v) is 13.5. The first kappa shape index (κ1) is 21.0. The lowest BCUT2D eigenvalue weighted by atomic mass is 9.56. The predicted molar refractivity (Wildman–Crippen MR) is 114 cm³/mol. The minimum absolute atomic E-state index is 0.0827. The summed E-state index contributed by atoms with van der Waals surface area (Å²) in [6.07, 6.45) is 7.03. The number of aliphatic hydroxyl groups excluding tert-OH is 1. The topological polar surface area (TPSA) is 47.9 Å². The van der Waals surface area contributed by atoms with Crippen LogP contribution in [0.15, 0.2) is 12.2 Å². The van der Waals surface area contributed by atoms with E-state index in [-0.39, 0.29) is 23.5 Å². The second kappa shape index (κ2) is 7.81. The molecule has 4 fully saturated rings. The molecule has 0 aromatic carbocycles. The molecular formula is C23H40O4Si. The zero-order valence-electron chi connectivity index (χ0n) is 18.2. The first-order valence-corrected chi connectivity index (χ1v) is 14.3. The van der Waals surface area contributed by atoms with Crippen molar-refractivity contribution in [3.05, 3.63) is 12.2 Å². The smallest absolute Gasteiger partial charge is 0.192 e. The van der Waals surface area contributed by atoms with Gasteiger partial charge in [0.05, 0.1) is 25.4 Å². The van der Waals surface area contributed by atoms with Crippen molar-refractivity contribution in [3.63, 3.8) is 0 Å². The Kier molecular flexibility index (Phi) is 5.87. The van der Waals surface area contributed by atoms with Crippen LogP contribution in [0.5, 0.6) is 0 Å². The van der Waals surface area contributed by atoms with Crippen molar-refractivity contribution in [1.29, 1.82) is 0 Å². The SMILES string of the molecule is C=C1C[C@@H](O)C2CCCC3(CCC4(OCCO4)C23)C[C@@H]1O[Si](CC)(CC)CC. The second-order valence-electron chi connectivity index (χ2n) is 9.89. The highest BCUT2D eigenvalue weighted by atomic mass is 28.4. The number of hydrogen-bond donors (Lipinski definition) is 1. The van der Waals surface area contributed by atoms with E-state index in [9.17, 15) is 5.11 Å². The fourth-order valence-corrected chi connectivity index (χ4v) is 10.0. The zero-order chi connectivity index (χ0) is 20.0. The van der Waals surface area contributed by atoms with Gasteiger partial charge < -0.3 is 19.0 Å². The van der Waals surface area contributed by atoms with Gasteiger partial charge >= 0.3 is 0 Å². The first-order valence-electron chi connectivity index (χ1n) is 11.7. The molecule has 0 radical (unpaired) electrons. The third-order valence-electron chi connectivity index (χ3n) is 8.86. The highest BCUT2D eigenvalue weighted by molar-refractivity contribution is 6.73. The van der Waals surface area contributed by atoms with Gasteiger partial charge in [-0.15, -0.1) is 0 Å². The van der Waals surface area contributed by atoms with Crippen LogP contribution in [0.3, 0.4) is 0 Å². The summed E-state index contributed by atoms with van der Waals surface area (Å²) in [5, 5.41) is 11.3. The zero-order valence-corrected chi connectivity index (χ0v) is 19.2. The molecule has 1 aliphatic heterocycles. The molecule has 4 rings (SSSR count). The third kappa shape index (κ3) is 3.26. The lowest BCUT2D eigenvalue weighted by molar-refractivity contribution is -0.228. The van der Waals surface area contributed by atoms with E-state index in [1.54, 1.807) is 0 Å². The van der Waals surface area contributed by atoms with Crippen molar-refractivity contribution in [1.82, 2.24) is 0 Å². The molecule has 3 saturated carbocycles. The molecule has 160 valence electrons. The van der Waals surface area contributed by atoms with Gasteiger partial charge in [0, 0.05) is 12.3 Å². The fraction of sp³-hybridized carbons (Fsp3) is 0.913. The molecule has 1 N–H and O–H groups in total. The normalized spacial score (nSPS) is 40.4. The highest BCUT2D eigenvalue weighted by Crippen LogP contribution is 2.65. The maximum absolute atomic E-state index is 11.3. The van der Waals surface area contributed by atoms with Crippen molar-refractivity contribution in [3.8, 4) is 0 Å². The van der Waals surface area contributed by atoms with Gasteiger partial charge in [0.2, 0.25) is 0 Å². The van der Waals surface area contributed by atoms with Gasteiger partial charge in [-0.2, -0.15) is 0 Å². The van der Waals surface area contributed by atoms with E-state index in [1.165, 1.54) is 12.8 Å². The Hall–Kier alpha value is -0.203. The van der Waals surface area contributed by atoms with Crippen LogP contribution in [0.2, 0.25) is 18.1 Å². The van der Waals surface area contributed by atoms with E-state index >= 15 is 0 Å². The molecule has 1 saturated heterocycles. The first-order chi connectivity index (χ1) is 13.4. The minimum atomic E-state index is -1.74. The van der Waals surface area contributed by atoms with Gasteiger partial charge in [-0.3, -0.25) is 0 Å². The summed E-state index contributed by atoms with van der Waals surface area (Å²) in [7, 11) is -1.74. The van der Waals surface area contributed by atoms with E-state index in [4.69, 9.17) is 13.9 Å². The molecule has 3 aliphatic carbocycles. The molecule has 5 heteroatoms. The maximum Gasteiger partial charge on any atom is 0.192 e. The molecule has 5 atom stereocenters. The largest absolute Gasteiger partial charge is 0.410 e. The van der Waals surface area contributed by atoms with E-state index in [0.29, 0.717) is 25.6 Å². The Balaban J connectivity index is 1.69. The molecule has 28 heavy (non-hydrogen) atoms. The predicted octanol–water partition coefficient (Wildman–Crippen LogP) is 5.03. The molecule has 1 heterocycles. The van der Waals surface area contributed by atoms with Gasteiger partial charge in [0.15, 0.2) is 14.1 Å². The molecule has 0 amide bonds. The van der Waals surface area contributed by atoms with Crippen LogP contribution in [-0.2, 0) is 13.9 Å². The standard InChI is InChI=1S/C23H40O4Si/c1-5-28(6-2,7-3)27-20-16-22-10-8-9-18(19(24)15-17(20)4)21(22)23(12-11-22)25-13-14-26-23/h18-21,24H,4-16H2,1-3H3/t18?,19-,20+,21?,22?/m1/s1. The van der Waals surface area contributed by atoms with Crippen LogP contribution in [0.4, 0.5) is 0 Å². The number of hydrogen-bond acceptors (Lipinski definition) is 4. The fourth-order valence-electron chi connectivity index (χ4n) is 7.15. The maximum atomic E-state index is 11.3. The lowest BCUT2D eigenvalue weighted by Crippen LogP contribution is -2.54. The summed E-state index contributed by atoms with van der Waals surface area (Å²) < 4.78 is 19.6. The second-order valence-corrected chi connectivity index (χ2v) is 14.6. The number of aliphatic hydroxyl groups is 1. The average Bonchev–Trinajstić information content (AvgIpc) is 3.31. The van der Waals surface area contributed by atoms with E-state index in [1.807, 2.05) is 0 Å². The number of ether oxygens (including phenoxy) is 2. The molecule has 1 spiro atoms. The highest BCUT2D eigenvalue weighted by Gasteiger charge is 2.65. The molecule has 4 aliphatic rings. The summed E-state index contributed by atoms with van der Waals surface area (Å²) in [4.78, 5) is 0. The van der Waals surface area contributed by atoms with Crippen LogP contribution in [-0.4, -0.2) is 44.6 Å². The summed E-state index contributed by atoms with van der Waals surface area (Å²) in [6.45, 7) is 12.7. The van der Waals surface area contributed by atoms with Crippen LogP contribution in [0.25, 0.3) is 0 Å². The van der Waals surface area contributed by atoms with Gasteiger partial charge in [0.25, 0.3) is 0 Å². The van der Waals surface area contributed by atoms with Gasteiger partial charge in [0.1, 0.15) is 0 Å². The van der Waals surface area contributed by atoms with Gasteiger partial charge in [-0.05, 0) is 67.1 Å². The van der Waals surface area contributed by atoms with Crippen molar-refractivity contribution in [2.24, 2.45) is 17.3 Å². The molecule has 0 aromatic rings. The molecule has 3 unspecified atom stereocenters. The molecule has 0 aromatic heterocycles. The Labute approximate surface area is 172 Å². The molecular weight excluding hydrogens is 368 g/mol. The summed E-state index contributed by atoms with van der Waals surface area (Å²) in [5.74, 6) is 0.105. The van der Waals surface area contributed by atoms with Crippen molar-refractivity contribution >= 4 is 8.32 Å². The quantitative estimate of drug-likeness (QED) is 0.512. The minimum Gasteiger partial charge on any atom is -0.410 e.